The summed E-state index contributed by atoms with van der Waals surface area (Å²) in [6, 6.07) is 7.11. The minimum Gasteiger partial charge on any atom is -0.335 e. The molecule has 20 heavy (non-hydrogen) atoms. The first-order valence-electron chi connectivity index (χ1n) is 7.37. The highest BCUT2D eigenvalue weighted by Crippen LogP contribution is 2.14. The van der Waals surface area contributed by atoms with Crippen molar-refractivity contribution in [1.29, 1.82) is 0 Å². The maximum atomic E-state index is 4.48. The van der Waals surface area contributed by atoms with Gasteiger partial charge < -0.3 is 9.88 Å². The van der Waals surface area contributed by atoms with E-state index in [0.29, 0.717) is 6.04 Å². The molecule has 1 aromatic heterocycles. The summed E-state index contributed by atoms with van der Waals surface area (Å²) in [5.41, 5.74) is 4.13. The van der Waals surface area contributed by atoms with Crippen molar-refractivity contribution in [3.8, 4) is 0 Å². The zero-order valence-electron chi connectivity index (χ0n) is 13.0. The Kier molecular flexibility index (Phi) is 4.96. The molecule has 0 aliphatic rings. The second-order valence-corrected chi connectivity index (χ2v) is 5.45. The van der Waals surface area contributed by atoms with Crippen LogP contribution in [0, 0.1) is 13.8 Å². The number of imidazole rings is 1. The molecule has 1 N–H and O–H groups in total. The van der Waals surface area contributed by atoms with Gasteiger partial charge in [0.05, 0.1) is 0 Å². The van der Waals surface area contributed by atoms with Crippen LogP contribution in [0.25, 0.3) is 0 Å². The molecule has 108 valence electrons. The average molecular weight is 271 g/mol. The number of aromatic nitrogens is 2. The summed E-state index contributed by atoms with van der Waals surface area (Å²) in [6.45, 7) is 7.48. The molecule has 3 nitrogen and oxygen atoms in total. The summed E-state index contributed by atoms with van der Waals surface area (Å²) < 4.78 is 2.22. The monoisotopic (exact) mass is 271 g/mol. The third-order valence-corrected chi connectivity index (χ3v) is 3.95. The summed E-state index contributed by atoms with van der Waals surface area (Å²) in [5.74, 6) is 1.16. The fraction of sp³-hybridized carbons (Fsp3) is 0.471. The number of aryl methyl sites for hydroxylation is 3. The second-order valence-electron chi connectivity index (χ2n) is 5.45. The molecular weight excluding hydrogens is 246 g/mol. The zero-order chi connectivity index (χ0) is 14.5. The number of likely N-dealkylation sites (N-methyl/N-ethyl adjacent to an activating group) is 1. The zero-order valence-corrected chi connectivity index (χ0v) is 13.0. The fourth-order valence-corrected chi connectivity index (χ4v) is 2.60. The standard InChI is InChI=1S/C17H25N3/c1-5-20-9-8-19-17(20)12-16(18-4)11-15-10-13(2)6-7-14(15)3/h6-10,16,18H,5,11-12H2,1-4H3. The van der Waals surface area contributed by atoms with Gasteiger partial charge in [-0.2, -0.15) is 0 Å². The maximum absolute atomic E-state index is 4.48. The molecule has 1 atom stereocenters. The summed E-state index contributed by atoms with van der Waals surface area (Å²) in [7, 11) is 2.04. The third-order valence-electron chi connectivity index (χ3n) is 3.95. The van der Waals surface area contributed by atoms with Gasteiger partial charge in [0.1, 0.15) is 5.82 Å². The Hall–Kier alpha value is -1.61. The maximum Gasteiger partial charge on any atom is 0.110 e. The molecule has 0 amide bonds. The highest BCUT2D eigenvalue weighted by Gasteiger charge is 2.13. The van der Waals surface area contributed by atoms with Crippen LogP contribution >= 0.6 is 0 Å². The lowest BCUT2D eigenvalue weighted by molar-refractivity contribution is 0.526. The number of nitrogens with one attached hydrogen (secondary N) is 1. The Balaban J connectivity index is 2.11. The van der Waals surface area contributed by atoms with Crippen molar-refractivity contribution in [2.75, 3.05) is 7.05 Å². The average Bonchev–Trinajstić information content (AvgIpc) is 2.89. The van der Waals surface area contributed by atoms with Gasteiger partial charge in [0, 0.05) is 31.4 Å². The van der Waals surface area contributed by atoms with Crippen molar-refractivity contribution < 1.29 is 0 Å². The van der Waals surface area contributed by atoms with Gasteiger partial charge in [0.25, 0.3) is 0 Å². The first-order chi connectivity index (χ1) is 9.63. The molecule has 1 unspecified atom stereocenters. The minimum atomic E-state index is 0.420. The number of hydrogen-bond donors (Lipinski definition) is 1. The topological polar surface area (TPSA) is 29.9 Å². The van der Waals surface area contributed by atoms with Crippen molar-refractivity contribution >= 4 is 0 Å². The van der Waals surface area contributed by atoms with Crippen LogP contribution in [0.15, 0.2) is 30.6 Å². The van der Waals surface area contributed by atoms with Crippen LogP contribution in [0.4, 0.5) is 0 Å². The molecule has 1 heterocycles. The fourth-order valence-electron chi connectivity index (χ4n) is 2.60. The van der Waals surface area contributed by atoms with Gasteiger partial charge in [0.15, 0.2) is 0 Å². The minimum absolute atomic E-state index is 0.420. The summed E-state index contributed by atoms with van der Waals surface area (Å²) in [4.78, 5) is 4.48. The molecule has 0 spiro atoms. The van der Waals surface area contributed by atoms with Gasteiger partial charge in [-0.25, -0.2) is 4.98 Å². The van der Waals surface area contributed by atoms with Gasteiger partial charge in [-0.05, 0) is 45.4 Å². The molecule has 0 bridgehead atoms. The van der Waals surface area contributed by atoms with E-state index in [2.05, 4.69) is 60.0 Å². The number of benzene rings is 1. The van der Waals surface area contributed by atoms with Gasteiger partial charge in [-0.1, -0.05) is 23.8 Å². The van der Waals surface area contributed by atoms with Crippen LogP contribution in [0.5, 0.6) is 0 Å². The first-order valence-corrected chi connectivity index (χ1v) is 7.37. The molecule has 0 aliphatic heterocycles. The molecule has 2 rings (SSSR count). The van der Waals surface area contributed by atoms with Crippen molar-refractivity contribution in [3.63, 3.8) is 0 Å². The second kappa shape index (κ2) is 6.71. The van der Waals surface area contributed by atoms with Crippen LogP contribution < -0.4 is 5.32 Å². The molecule has 1 aromatic carbocycles. The van der Waals surface area contributed by atoms with Crippen molar-refractivity contribution in [2.24, 2.45) is 0 Å². The number of nitrogens with zero attached hydrogens (tertiary/aromatic N) is 2. The molecule has 0 saturated heterocycles. The van der Waals surface area contributed by atoms with Gasteiger partial charge in [-0.3, -0.25) is 0 Å². The van der Waals surface area contributed by atoms with Gasteiger partial charge in [0.2, 0.25) is 0 Å². The molecular formula is C17H25N3. The lowest BCUT2D eigenvalue weighted by atomic mass is 9.97. The molecule has 0 aliphatic carbocycles. The smallest absolute Gasteiger partial charge is 0.110 e. The summed E-state index contributed by atoms with van der Waals surface area (Å²) in [6.07, 6.45) is 5.95. The van der Waals surface area contributed by atoms with Gasteiger partial charge in [-0.15, -0.1) is 0 Å². The SMILES string of the molecule is CCn1ccnc1CC(Cc1cc(C)ccc1C)NC. The van der Waals surface area contributed by atoms with E-state index in [1.54, 1.807) is 0 Å². The first kappa shape index (κ1) is 14.8. The molecule has 0 fully saturated rings. The van der Waals surface area contributed by atoms with E-state index in [9.17, 15) is 0 Å². The van der Waals surface area contributed by atoms with E-state index in [0.717, 1.165) is 25.2 Å². The van der Waals surface area contributed by atoms with E-state index in [1.165, 1.54) is 16.7 Å². The Morgan fingerprint density at radius 2 is 2.05 bits per heavy atom. The molecule has 0 saturated carbocycles. The van der Waals surface area contributed by atoms with E-state index in [4.69, 9.17) is 0 Å². The van der Waals surface area contributed by atoms with E-state index >= 15 is 0 Å². The van der Waals surface area contributed by atoms with Crippen LogP contribution in [-0.4, -0.2) is 22.6 Å². The Morgan fingerprint density at radius 3 is 2.75 bits per heavy atom. The highest BCUT2D eigenvalue weighted by molar-refractivity contribution is 5.31. The predicted octanol–water partition coefficient (Wildman–Crippen LogP) is 2.89. The van der Waals surface area contributed by atoms with Crippen LogP contribution in [-0.2, 0) is 19.4 Å². The number of hydrogen-bond acceptors (Lipinski definition) is 2. The normalized spacial score (nSPS) is 12.6. The summed E-state index contributed by atoms with van der Waals surface area (Å²) >= 11 is 0. The quantitative estimate of drug-likeness (QED) is 0.875. The van der Waals surface area contributed by atoms with Crippen LogP contribution in [0.1, 0.15) is 29.4 Å². The van der Waals surface area contributed by atoms with Crippen LogP contribution in [0.2, 0.25) is 0 Å². The lowest BCUT2D eigenvalue weighted by Crippen LogP contribution is -2.31. The number of rotatable bonds is 6. The summed E-state index contributed by atoms with van der Waals surface area (Å²) in [5, 5.41) is 3.43. The molecule has 0 radical (unpaired) electrons. The van der Waals surface area contributed by atoms with Crippen LogP contribution in [0.3, 0.4) is 0 Å². The molecule has 3 heteroatoms. The predicted molar refractivity (Wildman–Crippen MR) is 84.1 cm³/mol. The van der Waals surface area contributed by atoms with Crippen molar-refractivity contribution in [1.82, 2.24) is 14.9 Å². The highest BCUT2D eigenvalue weighted by atomic mass is 15.1. The Morgan fingerprint density at radius 1 is 1.25 bits per heavy atom. The lowest BCUT2D eigenvalue weighted by Gasteiger charge is -2.18. The van der Waals surface area contributed by atoms with E-state index < -0.39 is 0 Å². The Labute approximate surface area is 122 Å². The van der Waals surface area contributed by atoms with E-state index in [-0.39, 0.29) is 0 Å². The third kappa shape index (κ3) is 3.48. The van der Waals surface area contributed by atoms with E-state index in [1.807, 2.05) is 13.2 Å². The molecule has 2 aromatic rings. The van der Waals surface area contributed by atoms with Crippen molar-refractivity contribution in [3.05, 3.63) is 53.1 Å². The Bertz CT molecular complexity index is 557. The largest absolute Gasteiger partial charge is 0.335 e. The van der Waals surface area contributed by atoms with Crippen molar-refractivity contribution in [2.45, 2.75) is 46.2 Å². The van der Waals surface area contributed by atoms with Gasteiger partial charge >= 0.3 is 0 Å².